The van der Waals surface area contributed by atoms with E-state index in [1.165, 1.54) is 0 Å². The molecule has 2 aromatic rings. The number of ether oxygens (including phenoxy) is 2. The van der Waals surface area contributed by atoms with Crippen LogP contribution in [0.3, 0.4) is 0 Å². The average Bonchev–Trinajstić information content (AvgIpc) is 2.51. The molecular formula is C17H22N2O2. The molecule has 21 heavy (non-hydrogen) atoms. The monoisotopic (exact) mass is 286 g/mol. The molecule has 2 rings (SSSR count). The fourth-order valence-corrected chi connectivity index (χ4v) is 1.99. The summed E-state index contributed by atoms with van der Waals surface area (Å²) in [6.45, 7) is 5.47. The van der Waals surface area contributed by atoms with Gasteiger partial charge in [-0.3, -0.25) is 4.98 Å². The lowest BCUT2D eigenvalue weighted by Crippen LogP contribution is -2.03. The second-order valence-corrected chi connectivity index (χ2v) is 4.87. The van der Waals surface area contributed by atoms with Crippen molar-refractivity contribution in [1.82, 2.24) is 4.98 Å². The van der Waals surface area contributed by atoms with Gasteiger partial charge in [0.15, 0.2) is 0 Å². The highest BCUT2D eigenvalue weighted by Crippen LogP contribution is 2.18. The fourth-order valence-electron chi connectivity index (χ4n) is 1.99. The Labute approximate surface area is 126 Å². The summed E-state index contributed by atoms with van der Waals surface area (Å²) < 4.78 is 10.8. The lowest BCUT2D eigenvalue weighted by atomic mass is 10.2. The normalized spacial score (nSPS) is 10.2. The molecule has 1 aromatic heterocycles. The average molecular weight is 286 g/mol. The van der Waals surface area contributed by atoms with Gasteiger partial charge in [0.1, 0.15) is 11.5 Å². The van der Waals surface area contributed by atoms with Gasteiger partial charge in [-0.25, -0.2) is 0 Å². The number of hydrogen-bond acceptors (Lipinski definition) is 4. The number of benzene rings is 1. The first-order valence-corrected chi connectivity index (χ1v) is 7.19. The third-order valence-corrected chi connectivity index (χ3v) is 3.02. The molecule has 0 saturated heterocycles. The van der Waals surface area contributed by atoms with Crippen molar-refractivity contribution in [2.45, 2.75) is 26.8 Å². The molecule has 112 valence electrons. The predicted octanol–water partition coefficient (Wildman–Crippen LogP) is 3.80. The number of rotatable bonds is 7. The molecular weight excluding hydrogens is 264 g/mol. The zero-order chi connectivity index (χ0) is 15.1. The molecule has 0 fully saturated rings. The van der Waals surface area contributed by atoms with E-state index in [-0.39, 0.29) is 0 Å². The Bertz CT molecular complexity index is 568. The van der Waals surface area contributed by atoms with Gasteiger partial charge in [-0.1, -0.05) is 6.92 Å². The zero-order valence-electron chi connectivity index (χ0n) is 12.8. The summed E-state index contributed by atoms with van der Waals surface area (Å²) in [5.74, 6) is 1.74. The van der Waals surface area contributed by atoms with Crippen LogP contribution in [0.2, 0.25) is 0 Å². The number of nitrogens with zero attached hydrogens (tertiary/aromatic N) is 1. The van der Waals surface area contributed by atoms with Crippen LogP contribution in [0.25, 0.3) is 0 Å². The molecule has 1 N–H and O–H groups in total. The van der Waals surface area contributed by atoms with Crippen molar-refractivity contribution in [2.75, 3.05) is 19.0 Å². The molecule has 0 aliphatic carbocycles. The summed E-state index contributed by atoms with van der Waals surface area (Å²) in [6.07, 6.45) is 1.01. The van der Waals surface area contributed by atoms with Gasteiger partial charge in [0, 0.05) is 23.5 Å². The highest BCUT2D eigenvalue weighted by molar-refractivity contribution is 5.46. The molecule has 0 unspecified atom stereocenters. The molecule has 0 radical (unpaired) electrons. The minimum Gasteiger partial charge on any atom is -0.497 e. The molecule has 4 nitrogen and oxygen atoms in total. The summed E-state index contributed by atoms with van der Waals surface area (Å²) in [4.78, 5) is 4.49. The van der Waals surface area contributed by atoms with Crippen molar-refractivity contribution >= 4 is 5.69 Å². The molecule has 1 heterocycles. The first-order chi connectivity index (χ1) is 10.2. The summed E-state index contributed by atoms with van der Waals surface area (Å²) >= 11 is 0. The maximum atomic E-state index is 5.56. The Balaban J connectivity index is 1.95. The maximum absolute atomic E-state index is 5.56. The van der Waals surface area contributed by atoms with Crippen molar-refractivity contribution in [1.29, 1.82) is 0 Å². The van der Waals surface area contributed by atoms with Gasteiger partial charge < -0.3 is 14.8 Å². The van der Waals surface area contributed by atoms with Gasteiger partial charge in [0.25, 0.3) is 0 Å². The van der Waals surface area contributed by atoms with Gasteiger partial charge >= 0.3 is 0 Å². The molecule has 0 bridgehead atoms. The Morgan fingerprint density at radius 3 is 2.52 bits per heavy atom. The number of anilines is 1. The van der Waals surface area contributed by atoms with E-state index >= 15 is 0 Å². The van der Waals surface area contributed by atoms with E-state index in [0.29, 0.717) is 6.54 Å². The first-order valence-electron chi connectivity index (χ1n) is 7.19. The third-order valence-electron chi connectivity index (χ3n) is 3.02. The number of aromatic nitrogens is 1. The van der Waals surface area contributed by atoms with E-state index in [1.807, 2.05) is 43.3 Å². The third kappa shape index (κ3) is 4.67. The highest BCUT2D eigenvalue weighted by Gasteiger charge is 2.01. The molecule has 0 aliphatic rings. The van der Waals surface area contributed by atoms with Crippen molar-refractivity contribution in [3.63, 3.8) is 0 Å². The topological polar surface area (TPSA) is 43.4 Å². The lowest BCUT2D eigenvalue weighted by molar-refractivity contribution is 0.317. The van der Waals surface area contributed by atoms with E-state index in [4.69, 9.17) is 9.47 Å². The van der Waals surface area contributed by atoms with E-state index in [0.717, 1.165) is 41.6 Å². The zero-order valence-corrected chi connectivity index (χ0v) is 12.8. The van der Waals surface area contributed by atoms with E-state index in [1.54, 1.807) is 7.11 Å². The van der Waals surface area contributed by atoms with Crippen molar-refractivity contribution < 1.29 is 9.47 Å². The number of aryl methyl sites for hydroxylation is 1. The second kappa shape index (κ2) is 7.53. The number of hydrogen-bond donors (Lipinski definition) is 1. The minimum absolute atomic E-state index is 0.660. The molecule has 0 amide bonds. The molecule has 0 aliphatic heterocycles. The van der Waals surface area contributed by atoms with Crippen LogP contribution in [0.4, 0.5) is 5.69 Å². The predicted molar refractivity (Wildman–Crippen MR) is 85.1 cm³/mol. The van der Waals surface area contributed by atoms with E-state index in [2.05, 4.69) is 17.2 Å². The summed E-state index contributed by atoms with van der Waals surface area (Å²) in [7, 11) is 1.67. The van der Waals surface area contributed by atoms with Crippen LogP contribution in [0.15, 0.2) is 36.4 Å². The number of nitrogens with one attached hydrogen (secondary N) is 1. The Morgan fingerprint density at radius 1 is 1.10 bits per heavy atom. The molecule has 0 atom stereocenters. The largest absolute Gasteiger partial charge is 0.497 e. The van der Waals surface area contributed by atoms with E-state index in [9.17, 15) is 0 Å². The number of pyridine rings is 1. The minimum atomic E-state index is 0.660. The van der Waals surface area contributed by atoms with Gasteiger partial charge in [0.2, 0.25) is 0 Å². The van der Waals surface area contributed by atoms with Crippen LogP contribution in [0.1, 0.15) is 24.7 Å². The van der Waals surface area contributed by atoms with Gasteiger partial charge in [0.05, 0.1) is 26.0 Å². The van der Waals surface area contributed by atoms with Crippen molar-refractivity contribution in [2.24, 2.45) is 0 Å². The second-order valence-electron chi connectivity index (χ2n) is 4.87. The van der Waals surface area contributed by atoms with Crippen LogP contribution in [-0.4, -0.2) is 18.7 Å². The smallest absolute Gasteiger partial charge is 0.122 e. The Kier molecular flexibility index (Phi) is 5.43. The van der Waals surface area contributed by atoms with Crippen LogP contribution in [0, 0.1) is 6.92 Å². The molecule has 4 heteroatoms. The molecule has 0 saturated carbocycles. The quantitative estimate of drug-likeness (QED) is 0.840. The summed E-state index contributed by atoms with van der Waals surface area (Å²) in [6, 6.07) is 11.8. The van der Waals surface area contributed by atoms with Gasteiger partial charge in [-0.05, 0) is 37.6 Å². The van der Waals surface area contributed by atoms with Crippen LogP contribution < -0.4 is 14.8 Å². The van der Waals surface area contributed by atoms with Crippen LogP contribution >= 0.6 is 0 Å². The van der Waals surface area contributed by atoms with Crippen LogP contribution in [-0.2, 0) is 6.54 Å². The molecule has 1 aromatic carbocycles. The lowest BCUT2D eigenvalue weighted by Gasteiger charge is -2.10. The standard InChI is InChI=1S/C17H22N2O2/c1-4-9-21-16-7-5-14(6-8-16)18-12-15-11-17(20-3)10-13(2)19-15/h5-8,10-11,18H,4,9,12H2,1-3H3. The first kappa shape index (κ1) is 15.2. The summed E-state index contributed by atoms with van der Waals surface area (Å²) in [5.41, 5.74) is 2.95. The van der Waals surface area contributed by atoms with Crippen molar-refractivity contribution in [3.05, 3.63) is 47.8 Å². The molecule has 0 spiro atoms. The maximum Gasteiger partial charge on any atom is 0.122 e. The SMILES string of the molecule is CCCOc1ccc(NCc2cc(OC)cc(C)n2)cc1. The highest BCUT2D eigenvalue weighted by atomic mass is 16.5. The Morgan fingerprint density at radius 2 is 1.86 bits per heavy atom. The van der Waals surface area contributed by atoms with E-state index < -0.39 is 0 Å². The fraction of sp³-hybridized carbons (Fsp3) is 0.353. The van der Waals surface area contributed by atoms with Gasteiger partial charge in [-0.2, -0.15) is 0 Å². The van der Waals surface area contributed by atoms with Crippen molar-refractivity contribution in [3.8, 4) is 11.5 Å². The summed E-state index contributed by atoms with van der Waals surface area (Å²) in [5, 5.41) is 3.35. The van der Waals surface area contributed by atoms with Gasteiger partial charge in [-0.15, -0.1) is 0 Å². The Hall–Kier alpha value is -2.23. The number of methoxy groups -OCH3 is 1. The van der Waals surface area contributed by atoms with Crippen LogP contribution in [0.5, 0.6) is 11.5 Å².